The SMILES string of the molecule is CCCOCCC(CN)(c1ccccc1)C(C)O. The van der Waals surface area contributed by atoms with Gasteiger partial charge in [0.25, 0.3) is 0 Å². The van der Waals surface area contributed by atoms with Gasteiger partial charge >= 0.3 is 0 Å². The fourth-order valence-corrected chi connectivity index (χ4v) is 2.26. The van der Waals surface area contributed by atoms with Crippen molar-refractivity contribution in [2.75, 3.05) is 19.8 Å². The predicted octanol–water partition coefficient (Wildman–Crippen LogP) is 2.08. The summed E-state index contributed by atoms with van der Waals surface area (Å²) < 4.78 is 5.55. The molecule has 1 rings (SSSR count). The normalized spacial score (nSPS) is 16.2. The summed E-state index contributed by atoms with van der Waals surface area (Å²) in [5.41, 5.74) is 6.62. The van der Waals surface area contributed by atoms with Crippen molar-refractivity contribution in [2.45, 2.75) is 38.2 Å². The summed E-state index contributed by atoms with van der Waals surface area (Å²) in [6.45, 7) is 5.70. The lowest BCUT2D eigenvalue weighted by Gasteiger charge is -2.36. The molecule has 0 spiro atoms. The average Bonchev–Trinajstić information content (AvgIpc) is 2.40. The van der Waals surface area contributed by atoms with E-state index in [-0.39, 0.29) is 0 Å². The molecule has 2 unspecified atom stereocenters. The lowest BCUT2D eigenvalue weighted by atomic mass is 9.74. The average molecular weight is 251 g/mol. The second kappa shape index (κ2) is 7.52. The van der Waals surface area contributed by atoms with Crippen molar-refractivity contribution in [3.05, 3.63) is 35.9 Å². The number of aliphatic hydroxyl groups excluding tert-OH is 1. The number of ether oxygens (including phenoxy) is 1. The fourth-order valence-electron chi connectivity index (χ4n) is 2.26. The van der Waals surface area contributed by atoms with Gasteiger partial charge in [0.15, 0.2) is 0 Å². The van der Waals surface area contributed by atoms with Crippen LogP contribution < -0.4 is 5.73 Å². The summed E-state index contributed by atoms with van der Waals surface area (Å²) in [6.07, 6.45) is 1.26. The maximum absolute atomic E-state index is 10.1. The van der Waals surface area contributed by atoms with Crippen LogP contribution in [0, 0.1) is 0 Å². The molecule has 102 valence electrons. The number of aliphatic hydroxyl groups is 1. The monoisotopic (exact) mass is 251 g/mol. The number of benzene rings is 1. The van der Waals surface area contributed by atoms with Gasteiger partial charge in [0.05, 0.1) is 6.10 Å². The number of hydrogen-bond donors (Lipinski definition) is 2. The van der Waals surface area contributed by atoms with Crippen molar-refractivity contribution in [1.29, 1.82) is 0 Å². The summed E-state index contributed by atoms with van der Waals surface area (Å²) in [4.78, 5) is 0. The molecule has 2 atom stereocenters. The third-order valence-electron chi connectivity index (χ3n) is 3.55. The molecule has 0 aliphatic carbocycles. The minimum atomic E-state index is -0.491. The van der Waals surface area contributed by atoms with Crippen LogP contribution in [0.2, 0.25) is 0 Å². The van der Waals surface area contributed by atoms with Gasteiger partial charge < -0.3 is 15.6 Å². The van der Waals surface area contributed by atoms with Crippen LogP contribution >= 0.6 is 0 Å². The summed E-state index contributed by atoms with van der Waals surface area (Å²) >= 11 is 0. The Morgan fingerprint density at radius 2 is 1.94 bits per heavy atom. The molecule has 0 heterocycles. The molecular weight excluding hydrogens is 226 g/mol. The van der Waals surface area contributed by atoms with E-state index in [9.17, 15) is 5.11 Å². The first-order chi connectivity index (χ1) is 8.67. The van der Waals surface area contributed by atoms with E-state index in [1.165, 1.54) is 0 Å². The highest BCUT2D eigenvalue weighted by Crippen LogP contribution is 2.31. The molecule has 0 aliphatic heterocycles. The van der Waals surface area contributed by atoms with E-state index in [1.807, 2.05) is 30.3 Å². The highest BCUT2D eigenvalue weighted by atomic mass is 16.5. The van der Waals surface area contributed by atoms with E-state index in [1.54, 1.807) is 6.92 Å². The zero-order chi connectivity index (χ0) is 13.4. The van der Waals surface area contributed by atoms with E-state index in [2.05, 4.69) is 6.92 Å². The molecule has 18 heavy (non-hydrogen) atoms. The standard InChI is InChI=1S/C15H25NO2/c1-3-10-18-11-9-15(12-16,13(2)17)14-7-5-4-6-8-14/h4-8,13,17H,3,9-12,16H2,1-2H3. The van der Waals surface area contributed by atoms with Crippen LogP contribution in [-0.4, -0.2) is 31.0 Å². The van der Waals surface area contributed by atoms with E-state index in [0.717, 1.165) is 25.0 Å². The van der Waals surface area contributed by atoms with E-state index in [0.29, 0.717) is 13.2 Å². The Bertz CT molecular complexity index is 327. The lowest BCUT2D eigenvalue weighted by molar-refractivity contribution is 0.0561. The van der Waals surface area contributed by atoms with E-state index < -0.39 is 11.5 Å². The fraction of sp³-hybridized carbons (Fsp3) is 0.600. The maximum atomic E-state index is 10.1. The Labute approximate surface area is 110 Å². The molecular formula is C15H25NO2. The molecule has 1 aromatic rings. The molecule has 3 N–H and O–H groups in total. The van der Waals surface area contributed by atoms with Gasteiger partial charge in [0, 0.05) is 25.2 Å². The van der Waals surface area contributed by atoms with Crippen molar-refractivity contribution in [1.82, 2.24) is 0 Å². The van der Waals surface area contributed by atoms with Crippen LogP contribution in [0.3, 0.4) is 0 Å². The lowest BCUT2D eigenvalue weighted by Crippen LogP contribution is -2.45. The first-order valence-electron chi connectivity index (χ1n) is 6.68. The van der Waals surface area contributed by atoms with Gasteiger partial charge in [-0.1, -0.05) is 37.3 Å². The summed E-state index contributed by atoms with van der Waals surface area (Å²) in [7, 11) is 0. The van der Waals surface area contributed by atoms with Gasteiger partial charge in [0.1, 0.15) is 0 Å². The van der Waals surface area contributed by atoms with Crippen LogP contribution in [0.1, 0.15) is 32.3 Å². The maximum Gasteiger partial charge on any atom is 0.0621 e. The Hall–Kier alpha value is -0.900. The quantitative estimate of drug-likeness (QED) is 0.696. The van der Waals surface area contributed by atoms with Gasteiger partial charge in [-0.2, -0.15) is 0 Å². The Morgan fingerprint density at radius 1 is 1.28 bits per heavy atom. The van der Waals surface area contributed by atoms with Crippen LogP contribution in [0.25, 0.3) is 0 Å². The molecule has 0 radical (unpaired) electrons. The van der Waals surface area contributed by atoms with Gasteiger partial charge in [0.2, 0.25) is 0 Å². The third kappa shape index (κ3) is 3.55. The van der Waals surface area contributed by atoms with Crippen molar-refractivity contribution in [3.63, 3.8) is 0 Å². The Morgan fingerprint density at radius 3 is 2.44 bits per heavy atom. The number of hydrogen-bond acceptors (Lipinski definition) is 3. The molecule has 0 fully saturated rings. The number of rotatable bonds is 8. The first kappa shape index (κ1) is 15.2. The van der Waals surface area contributed by atoms with Gasteiger partial charge in [-0.05, 0) is 25.3 Å². The number of nitrogens with two attached hydrogens (primary N) is 1. The second-order valence-electron chi connectivity index (χ2n) is 4.76. The third-order valence-corrected chi connectivity index (χ3v) is 3.55. The Kier molecular flexibility index (Phi) is 6.33. The predicted molar refractivity (Wildman–Crippen MR) is 74.6 cm³/mol. The smallest absolute Gasteiger partial charge is 0.0621 e. The zero-order valence-corrected chi connectivity index (χ0v) is 11.4. The van der Waals surface area contributed by atoms with Gasteiger partial charge in [-0.3, -0.25) is 0 Å². The van der Waals surface area contributed by atoms with Crippen molar-refractivity contribution < 1.29 is 9.84 Å². The summed E-state index contributed by atoms with van der Waals surface area (Å²) in [5, 5.41) is 10.1. The van der Waals surface area contributed by atoms with Crippen molar-refractivity contribution >= 4 is 0 Å². The molecule has 1 aromatic carbocycles. The van der Waals surface area contributed by atoms with Crippen LogP contribution in [0.5, 0.6) is 0 Å². The molecule has 0 aliphatic rings. The molecule has 0 bridgehead atoms. The van der Waals surface area contributed by atoms with Crippen molar-refractivity contribution in [3.8, 4) is 0 Å². The summed E-state index contributed by atoms with van der Waals surface area (Å²) in [6, 6.07) is 9.99. The largest absolute Gasteiger partial charge is 0.392 e. The zero-order valence-electron chi connectivity index (χ0n) is 11.4. The molecule has 3 nitrogen and oxygen atoms in total. The molecule has 0 saturated carbocycles. The van der Waals surface area contributed by atoms with E-state index >= 15 is 0 Å². The Balaban J connectivity index is 2.82. The topological polar surface area (TPSA) is 55.5 Å². The molecule has 3 heteroatoms. The first-order valence-corrected chi connectivity index (χ1v) is 6.68. The highest BCUT2D eigenvalue weighted by molar-refractivity contribution is 5.27. The van der Waals surface area contributed by atoms with Crippen LogP contribution in [0.15, 0.2) is 30.3 Å². The van der Waals surface area contributed by atoms with Gasteiger partial charge in [-0.25, -0.2) is 0 Å². The second-order valence-corrected chi connectivity index (χ2v) is 4.76. The molecule has 0 amide bonds. The minimum absolute atomic E-state index is 0.408. The van der Waals surface area contributed by atoms with Crippen molar-refractivity contribution in [2.24, 2.45) is 5.73 Å². The van der Waals surface area contributed by atoms with Crippen LogP contribution in [-0.2, 0) is 10.2 Å². The van der Waals surface area contributed by atoms with Crippen LogP contribution in [0.4, 0.5) is 0 Å². The van der Waals surface area contributed by atoms with E-state index in [4.69, 9.17) is 10.5 Å². The molecule has 0 aromatic heterocycles. The summed E-state index contributed by atoms with van der Waals surface area (Å²) in [5.74, 6) is 0. The molecule has 0 saturated heterocycles. The minimum Gasteiger partial charge on any atom is -0.392 e. The van der Waals surface area contributed by atoms with Gasteiger partial charge in [-0.15, -0.1) is 0 Å². The highest BCUT2D eigenvalue weighted by Gasteiger charge is 2.35.